The van der Waals surface area contributed by atoms with Crippen LogP contribution in [0.4, 0.5) is 4.39 Å². The normalized spacial score (nSPS) is 15.1. The maximum Gasteiger partial charge on any atom is 0.242 e. The highest BCUT2D eigenvalue weighted by molar-refractivity contribution is 5.83. The Labute approximate surface area is 164 Å². The lowest BCUT2D eigenvalue weighted by atomic mass is 10.1. The van der Waals surface area contributed by atoms with E-state index in [9.17, 15) is 14.0 Å². The van der Waals surface area contributed by atoms with Crippen molar-refractivity contribution in [3.63, 3.8) is 0 Å². The van der Waals surface area contributed by atoms with Crippen LogP contribution in [0.1, 0.15) is 36.3 Å². The van der Waals surface area contributed by atoms with Gasteiger partial charge in [-0.2, -0.15) is 5.10 Å². The van der Waals surface area contributed by atoms with Gasteiger partial charge in [-0.25, -0.2) is 4.39 Å². The Bertz CT molecular complexity index is 864. The van der Waals surface area contributed by atoms with Gasteiger partial charge in [-0.1, -0.05) is 12.1 Å². The highest BCUT2D eigenvalue weighted by atomic mass is 19.1. The molecule has 0 spiro atoms. The molecule has 1 aliphatic rings. The lowest BCUT2D eigenvalue weighted by Crippen LogP contribution is -2.36. The fraction of sp³-hybridized carbons (Fsp3) is 0.450. The molecule has 8 heteroatoms. The Morgan fingerprint density at radius 1 is 1.29 bits per heavy atom. The van der Waals surface area contributed by atoms with Crippen LogP contribution >= 0.6 is 0 Å². The lowest BCUT2D eigenvalue weighted by molar-refractivity contribution is -0.129. The van der Waals surface area contributed by atoms with E-state index >= 15 is 0 Å². The van der Waals surface area contributed by atoms with E-state index in [4.69, 9.17) is 0 Å². The summed E-state index contributed by atoms with van der Waals surface area (Å²) in [5.41, 5.74) is 2.30. The zero-order valence-corrected chi connectivity index (χ0v) is 16.5. The van der Waals surface area contributed by atoms with Gasteiger partial charge in [-0.05, 0) is 44.3 Å². The van der Waals surface area contributed by atoms with Crippen LogP contribution < -0.4 is 5.32 Å². The first-order valence-corrected chi connectivity index (χ1v) is 9.36. The van der Waals surface area contributed by atoms with E-state index in [0.717, 1.165) is 30.9 Å². The second-order valence-electron chi connectivity index (χ2n) is 7.28. The number of nitrogens with zero attached hydrogens (tertiary/aromatic N) is 4. The SMILES string of the molecule is CC(=O)N1CCCn2nc(CNC(=O)[C@H](c3cccc(F)c3)N(C)C)cc2C1. The number of rotatable bonds is 5. The Kier molecular flexibility index (Phi) is 6.08. The summed E-state index contributed by atoms with van der Waals surface area (Å²) in [6.45, 7) is 3.85. The molecule has 0 saturated carbocycles. The second kappa shape index (κ2) is 8.52. The molecule has 1 atom stereocenters. The monoisotopic (exact) mass is 387 g/mol. The molecule has 0 radical (unpaired) electrons. The maximum absolute atomic E-state index is 13.6. The van der Waals surface area contributed by atoms with Gasteiger partial charge in [0.05, 0.1) is 24.5 Å². The third-order valence-corrected chi connectivity index (χ3v) is 4.88. The van der Waals surface area contributed by atoms with E-state index in [1.165, 1.54) is 12.1 Å². The van der Waals surface area contributed by atoms with Crippen LogP contribution in [0.25, 0.3) is 0 Å². The predicted molar refractivity (Wildman–Crippen MR) is 103 cm³/mol. The molecule has 0 unspecified atom stereocenters. The van der Waals surface area contributed by atoms with Crippen molar-refractivity contribution in [3.8, 4) is 0 Å². The number of amides is 2. The number of hydrogen-bond donors (Lipinski definition) is 1. The Morgan fingerprint density at radius 2 is 2.07 bits per heavy atom. The first kappa shape index (κ1) is 20.0. The molecule has 7 nitrogen and oxygen atoms in total. The summed E-state index contributed by atoms with van der Waals surface area (Å²) in [6, 6.07) is 7.40. The average Bonchev–Trinajstić information content (AvgIpc) is 2.89. The van der Waals surface area contributed by atoms with Gasteiger partial charge in [0.1, 0.15) is 11.9 Å². The molecule has 3 rings (SSSR count). The molecule has 1 aromatic carbocycles. The van der Waals surface area contributed by atoms with Gasteiger partial charge in [-0.3, -0.25) is 19.2 Å². The smallest absolute Gasteiger partial charge is 0.242 e. The van der Waals surface area contributed by atoms with Crippen molar-refractivity contribution in [3.05, 3.63) is 53.1 Å². The molecule has 150 valence electrons. The topological polar surface area (TPSA) is 70.5 Å². The van der Waals surface area contributed by atoms with Crippen molar-refractivity contribution in [1.29, 1.82) is 0 Å². The maximum atomic E-state index is 13.6. The van der Waals surface area contributed by atoms with E-state index in [0.29, 0.717) is 12.1 Å². The van der Waals surface area contributed by atoms with Gasteiger partial charge < -0.3 is 10.2 Å². The molecule has 2 aromatic rings. The van der Waals surface area contributed by atoms with Crippen molar-refractivity contribution >= 4 is 11.8 Å². The van der Waals surface area contributed by atoms with Gasteiger partial charge in [0.25, 0.3) is 0 Å². The van der Waals surface area contributed by atoms with E-state index in [2.05, 4.69) is 10.4 Å². The summed E-state index contributed by atoms with van der Waals surface area (Å²) < 4.78 is 15.5. The minimum Gasteiger partial charge on any atom is -0.349 e. The van der Waals surface area contributed by atoms with Crippen molar-refractivity contribution in [2.24, 2.45) is 0 Å². The minimum absolute atomic E-state index is 0.0495. The summed E-state index contributed by atoms with van der Waals surface area (Å²) in [5, 5.41) is 7.46. The number of hydrogen-bond acceptors (Lipinski definition) is 4. The molecule has 0 aliphatic carbocycles. The predicted octanol–water partition coefficient (Wildman–Crippen LogP) is 1.69. The molecule has 28 heavy (non-hydrogen) atoms. The number of aryl methyl sites for hydroxylation is 1. The van der Waals surface area contributed by atoms with Crippen LogP contribution in [0.2, 0.25) is 0 Å². The first-order valence-electron chi connectivity index (χ1n) is 9.36. The van der Waals surface area contributed by atoms with E-state index in [1.807, 2.05) is 10.7 Å². The fourth-order valence-corrected chi connectivity index (χ4v) is 3.51. The van der Waals surface area contributed by atoms with Crippen LogP contribution in [-0.4, -0.2) is 52.0 Å². The minimum atomic E-state index is -0.593. The van der Waals surface area contributed by atoms with Gasteiger partial charge in [0.15, 0.2) is 0 Å². The van der Waals surface area contributed by atoms with Gasteiger partial charge >= 0.3 is 0 Å². The summed E-state index contributed by atoms with van der Waals surface area (Å²) >= 11 is 0. The average molecular weight is 387 g/mol. The van der Waals surface area contributed by atoms with E-state index in [-0.39, 0.29) is 24.2 Å². The van der Waals surface area contributed by atoms with Crippen molar-refractivity contribution < 1.29 is 14.0 Å². The summed E-state index contributed by atoms with van der Waals surface area (Å²) in [5.74, 6) is -0.539. The van der Waals surface area contributed by atoms with Crippen molar-refractivity contribution in [2.75, 3.05) is 20.6 Å². The van der Waals surface area contributed by atoms with Crippen LogP contribution in [0.15, 0.2) is 30.3 Å². The molecule has 0 fully saturated rings. The molecular weight excluding hydrogens is 361 g/mol. The lowest BCUT2D eigenvalue weighted by Gasteiger charge is -2.23. The number of fused-ring (bicyclic) bond motifs is 1. The Morgan fingerprint density at radius 3 is 2.75 bits per heavy atom. The molecule has 1 aliphatic heterocycles. The molecule has 0 bridgehead atoms. The molecule has 1 N–H and O–H groups in total. The second-order valence-corrected chi connectivity index (χ2v) is 7.28. The van der Waals surface area contributed by atoms with Crippen molar-refractivity contribution in [2.45, 2.75) is 39.0 Å². The first-order chi connectivity index (χ1) is 13.3. The van der Waals surface area contributed by atoms with Gasteiger partial charge in [0.2, 0.25) is 11.8 Å². The van der Waals surface area contributed by atoms with Crippen LogP contribution in [0.5, 0.6) is 0 Å². The zero-order valence-electron chi connectivity index (χ0n) is 16.5. The number of likely N-dealkylation sites (N-methyl/N-ethyl adjacent to an activating group) is 1. The van der Waals surface area contributed by atoms with Crippen molar-refractivity contribution in [1.82, 2.24) is 24.9 Å². The molecule has 2 amide bonds. The zero-order chi connectivity index (χ0) is 20.3. The number of nitrogens with one attached hydrogen (secondary N) is 1. The molecule has 0 saturated heterocycles. The van der Waals surface area contributed by atoms with Crippen LogP contribution in [0, 0.1) is 5.82 Å². The number of benzene rings is 1. The van der Waals surface area contributed by atoms with Gasteiger partial charge in [0, 0.05) is 20.0 Å². The summed E-state index contributed by atoms with van der Waals surface area (Å²) in [4.78, 5) is 28.0. The Balaban J connectivity index is 1.69. The van der Waals surface area contributed by atoms with Crippen LogP contribution in [-0.2, 0) is 29.2 Å². The third kappa shape index (κ3) is 4.56. The summed E-state index contributed by atoms with van der Waals surface area (Å²) in [7, 11) is 3.56. The number of carbonyl (C=O) groups is 2. The standard InChI is InChI=1S/C20H26FN5O2/c1-14(27)25-8-5-9-26-18(13-25)11-17(23-26)12-22-20(28)19(24(2)3)15-6-4-7-16(21)10-15/h4,6-7,10-11,19H,5,8-9,12-13H2,1-3H3,(H,22,28)/t19-/m0/s1. The highest BCUT2D eigenvalue weighted by Gasteiger charge is 2.24. The molecular formula is C20H26FN5O2. The van der Waals surface area contributed by atoms with E-state index in [1.54, 1.807) is 43.0 Å². The Hall–Kier alpha value is -2.74. The fourth-order valence-electron chi connectivity index (χ4n) is 3.51. The number of aromatic nitrogens is 2. The van der Waals surface area contributed by atoms with Crippen LogP contribution in [0.3, 0.4) is 0 Å². The number of halogens is 1. The largest absolute Gasteiger partial charge is 0.349 e. The highest BCUT2D eigenvalue weighted by Crippen LogP contribution is 2.20. The van der Waals surface area contributed by atoms with E-state index < -0.39 is 6.04 Å². The number of carbonyl (C=O) groups excluding carboxylic acids is 2. The molecule has 2 heterocycles. The quantitative estimate of drug-likeness (QED) is 0.848. The van der Waals surface area contributed by atoms with Gasteiger partial charge in [-0.15, -0.1) is 0 Å². The summed E-state index contributed by atoms with van der Waals surface area (Å²) in [6.07, 6.45) is 0.850. The molecule has 1 aromatic heterocycles. The third-order valence-electron chi connectivity index (χ3n) is 4.88.